The maximum absolute atomic E-state index is 13.3. The van der Waals surface area contributed by atoms with E-state index in [2.05, 4.69) is 9.97 Å². The SMILES string of the molecule is CS(=O)(=O)CCCn1c(CN2C(=O)C3(CC3)c3ccncc32)cc2cc(Cl)ncc21. The summed E-state index contributed by atoms with van der Waals surface area (Å²) in [5.74, 6) is 0.223. The van der Waals surface area contributed by atoms with Crippen LogP contribution in [0.25, 0.3) is 10.9 Å². The molecule has 0 saturated heterocycles. The van der Waals surface area contributed by atoms with Gasteiger partial charge in [-0.05, 0) is 43.0 Å². The minimum absolute atomic E-state index is 0.103. The fourth-order valence-electron chi connectivity index (χ4n) is 4.49. The van der Waals surface area contributed by atoms with Gasteiger partial charge >= 0.3 is 0 Å². The van der Waals surface area contributed by atoms with E-state index in [1.165, 1.54) is 6.26 Å². The fraction of sp³-hybridized carbons (Fsp3) is 0.381. The van der Waals surface area contributed by atoms with Gasteiger partial charge in [0, 0.05) is 30.1 Å². The van der Waals surface area contributed by atoms with Crippen molar-refractivity contribution >= 4 is 43.9 Å². The van der Waals surface area contributed by atoms with Crippen molar-refractivity contribution in [1.82, 2.24) is 14.5 Å². The molecule has 1 aliphatic heterocycles. The number of hydrogen-bond acceptors (Lipinski definition) is 5. The summed E-state index contributed by atoms with van der Waals surface area (Å²) in [5, 5.41) is 1.31. The predicted molar refractivity (Wildman–Crippen MR) is 115 cm³/mol. The minimum Gasteiger partial charge on any atom is -0.342 e. The van der Waals surface area contributed by atoms with Crippen LogP contribution in [0.15, 0.2) is 36.8 Å². The molecule has 4 heterocycles. The van der Waals surface area contributed by atoms with Crippen molar-refractivity contribution in [2.75, 3.05) is 16.9 Å². The first-order valence-corrected chi connectivity index (χ1v) is 12.3. The van der Waals surface area contributed by atoms with Gasteiger partial charge in [0.05, 0.1) is 41.3 Å². The van der Waals surface area contributed by atoms with E-state index in [1.807, 2.05) is 21.6 Å². The van der Waals surface area contributed by atoms with Crippen molar-refractivity contribution in [3.8, 4) is 0 Å². The standard InChI is InChI=1S/C21H21ClN4O3S/c1-30(28,29)8-2-7-25-15(9-14-10-19(22)24-12-17(14)25)13-26-18-11-23-6-3-16(18)21(4-5-21)20(26)27/h3,6,9-12H,2,4-5,7-8,13H2,1H3. The highest BCUT2D eigenvalue weighted by Gasteiger charge is 2.59. The summed E-state index contributed by atoms with van der Waals surface area (Å²) in [5.41, 5.74) is 3.34. The van der Waals surface area contributed by atoms with Crippen LogP contribution in [0.3, 0.4) is 0 Å². The molecule has 0 atom stereocenters. The van der Waals surface area contributed by atoms with E-state index in [0.717, 1.165) is 40.7 Å². The quantitative estimate of drug-likeness (QED) is 0.545. The number of sulfone groups is 1. The predicted octanol–water partition coefficient (Wildman–Crippen LogP) is 3.10. The van der Waals surface area contributed by atoms with Gasteiger partial charge in [0.2, 0.25) is 5.91 Å². The lowest BCUT2D eigenvalue weighted by Crippen LogP contribution is -2.32. The Balaban J connectivity index is 1.52. The number of fused-ring (bicyclic) bond motifs is 3. The van der Waals surface area contributed by atoms with E-state index in [0.29, 0.717) is 24.7 Å². The zero-order chi connectivity index (χ0) is 21.1. The first-order valence-electron chi connectivity index (χ1n) is 9.86. The molecule has 1 amide bonds. The molecule has 5 rings (SSSR count). The van der Waals surface area contributed by atoms with Gasteiger partial charge in [0.25, 0.3) is 0 Å². The molecule has 2 aliphatic rings. The molecule has 7 nitrogen and oxygen atoms in total. The molecule has 0 radical (unpaired) electrons. The van der Waals surface area contributed by atoms with Crippen molar-refractivity contribution in [2.45, 2.75) is 37.8 Å². The van der Waals surface area contributed by atoms with Crippen molar-refractivity contribution < 1.29 is 13.2 Å². The Kier molecular flexibility index (Phi) is 4.41. The largest absolute Gasteiger partial charge is 0.342 e. The maximum atomic E-state index is 13.3. The summed E-state index contributed by atoms with van der Waals surface area (Å²) in [6, 6.07) is 5.74. The number of rotatable bonds is 6. The molecular weight excluding hydrogens is 424 g/mol. The summed E-state index contributed by atoms with van der Waals surface area (Å²) >= 11 is 6.08. The molecule has 9 heteroatoms. The smallest absolute Gasteiger partial charge is 0.238 e. The highest BCUT2D eigenvalue weighted by atomic mass is 35.5. The average Bonchev–Trinajstić information content (AvgIpc) is 3.38. The fourth-order valence-corrected chi connectivity index (χ4v) is 5.31. The molecule has 0 N–H and O–H groups in total. The van der Waals surface area contributed by atoms with Crippen LogP contribution in [0.2, 0.25) is 5.15 Å². The third kappa shape index (κ3) is 3.18. The number of carbonyl (C=O) groups excluding carboxylic acids is 1. The second-order valence-corrected chi connectivity index (χ2v) is 10.8. The van der Waals surface area contributed by atoms with Crippen LogP contribution in [-0.4, -0.2) is 40.9 Å². The van der Waals surface area contributed by atoms with Crippen LogP contribution in [0.4, 0.5) is 5.69 Å². The normalized spacial score (nSPS) is 17.1. The van der Waals surface area contributed by atoms with Gasteiger partial charge in [-0.2, -0.15) is 0 Å². The van der Waals surface area contributed by atoms with Gasteiger partial charge < -0.3 is 9.47 Å². The molecule has 30 heavy (non-hydrogen) atoms. The van der Waals surface area contributed by atoms with E-state index in [4.69, 9.17) is 11.6 Å². The van der Waals surface area contributed by atoms with Gasteiger partial charge in [-0.15, -0.1) is 0 Å². The molecule has 1 saturated carbocycles. The van der Waals surface area contributed by atoms with Crippen LogP contribution in [0, 0.1) is 0 Å². The Morgan fingerprint density at radius 3 is 2.77 bits per heavy atom. The summed E-state index contributed by atoms with van der Waals surface area (Å²) in [6.45, 7) is 0.909. The first kappa shape index (κ1) is 19.5. The maximum Gasteiger partial charge on any atom is 0.238 e. The second-order valence-electron chi connectivity index (χ2n) is 8.20. The van der Waals surface area contributed by atoms with E-state index in [-0.39, 0.29) is 17.1 Å². The van der Waals surface area contributed by atoms with Crippen LogP contribution < -0.4 is 4.90 Å². The average molecular weight is 445 g/mol. The summed E-state index contributed by atoms with van der Waals surface area (Å²) in [4.78, 5) is 23.5. The van der Waals surface area contributed by atoms with Crippen LogP contribution >= 0.6 is 11.6 Å². The second kappa shape index (κ2) is 6.78. The van der Waals surface area contributed by atoms with Gasteiger partial charge in [0.1, 0.15) is 15.0 Å². The number of hydrogen-bond donors (Lipinski definition) is 0. The third-order valence-corrected chi connectivity index (χ3v) is 7.31. The molecule has 0 aromatic carbocycles. The Hall–Kier alpha value is -2.45. The van der Waals surface area contributed by atoms with E-state index >= 15 is 0 Å². The molecule has 3 aromatic heterocycles. The Labute approximate surface area is 179 Å². The number of carbonyl (C=O) groups is 1. The van der Waals surface area contributed by atoms with Crippen LogP contribution in [-0.2, 0) is 33.1 Å². The number of halogens is 1. The monoisotopic (exact) mass is 444 g/mol. The molecule has 156 valence electrons. The van der Waals surface area contributed by atoms with Crippen molar-refractivity contribution in [3.63, 3.8) is 0 Å². The molecule has 1 spiro atoms. The van der Waals surface area contributed by atoms with Crippen LogP contribution in [0.1, 0.15) is 30.5 Å². The van der Waals surface area contributed by atoms with Gasteiger partial charge in [-0.1, -0.05) is 11.6 Å². The molecule has 3 aromatic rings. The van der Waals surface area contributed by atoms with E-state index in [9.17, 15) is 13.2 Å². The molecular formula is C21H21ClN4O3S. The number of aryl methyl sites for hydroxylation is 1. The topological polar surface area (TPSA) is 85.2 Å². The Morgan fingerprint density at radius 1 is 1.23 bits per heavy atom. The minimum atomic E-state index is -3.05. The number of anilines is 1. The van der Waals surface area contributed by atoms with Gasteiger partial charge in [-0.25, -0.2) is 13.4 Å². The van der Waals surface area contributed by atoms with Crippen molar-refractivity contribution in [3.05, 3.63) is 53.2 Å². The lowest BCUT2D eigenvalue weighted by Gasteiger charge is -2.19. The highest BCUT2D eigenvalue weighted by Crippen LogP contribution is 2.57. The van der Waals surface area contributed by atoms with Crippen LogP contribution in [0.5, 0.6) is 0 Å². The molecule has 1 aliphatic carbocycles. The zero-order valence-electron chi connectivity index (χ0n) is 16.5. The first-order chi connectivity index (χ1) is 14.3. The molecule has 0 unspecified atom stereocenters. The number of pyridine rings is 2. The van der Waals surface area contributed by atoms with Gasteiger partial charge in [-0.3, -0.25) is 9.78 Å². The zero-order valence-corrected chi connectivity index (χ0v) is 18.1. The summed E-state index contributed by atoms with van der Waals surface area (Å²) in [6.07, 6.45) is 8.66. The third-order valence-electron chi connectivity index (χ3n) is 6.07. The highest BCUT2D eigenvalue weighted by molar-refractivity contribution is 7.90. The number of nitrogens with zero attached hydrogens (tertiary/aromatic N) is 4. The van der Waals surface area contributed by atoms with Crippen molar-refractivity contribution in [2.24, 2.45) is 0 Å². The Morgan fingerprint density at radius 2 is 2.03 bits per heavy atom. The van der Waals surface area contributed by atoms with Gasteiger partial charge in [0.15, 0.2) is 0 Å². The molecule has 1 fully saturated rings. The Bertz CT molecular complexity index is 1280. The number of aromatic nitrogens is 3. The molecule has 0 bridgehead atoms. The summed E-state index contributed by atoms with van der Waals surface area (Å²) < 4.78 is 25.2. The van der Waals surface area contributed by atoms with E-state index in [1.54, 1.807) is 24.7 Å². The number of amides is 1. The van der Waals surface area contributed by atoms with E-state index < -0.39 is 9.84 Å². The lowest BCUT2D eigenvalue weighted by molar-refractivity contribution is -0.120. The lowest BCUT2D eigenvalue weighted by atomic mass is 9.99. The summed E-state index contributed by atoms with van der Waals surface area (Å²) in [7, 11) is -3.05. The van der Waals surface area contributed by atoms with Crippen molar-refractivity contribution in [1.29, 1.82) is 0 Å².